The summed E-state index contributed by atoms with van der Waals surface area (Å²) in [6.45, 7) is 1.61. The molecule has 0 fully saturated rings. The summed E-state index contributed by atoms with van der Waals surface area (Å²) in [5.41, 5.74) is 1.74. The molecule has 0 amide bonds. The van der Waals surface area contributed by atoms with Gasteiger partial charge in [0.1, 0.15) is 0 Å². The van der Waals surface area contributed by atoms with Crippen LogP contribution in [-0.4, -0.2) is 16.9 Å². The van der Waals surface area contributed by atoms with Crippen molar-refractivity contribution in [3.8, 4) is 0 Å². The van der Waals surface area contributed by atoms with Gasteiger partial charge in [-0.1, -0.05) is 48.5 Å². The Labute approximate surface area is 123 Å². The van der Waals surface area contributed by atoms with Crippen molar-refractivity contribution in [1.82, 2.24) is 0 Å². The van der Waals surface area contributed by atoms with Crippen molar-refractivity contribution in [2.75, 3.05) is 0 Å². The van der Waals surface area contributed by atoms with Crippen LogP contribution in [0.1, 0.15) is 34.3 Å². The first-order valence-corrected chi connectivity index (χ1v) is 6.02. The van der Waals surface area contributed by atoms with E-state index in [1.54, 1.807) is 55.5 Å². The zero-order valence-corrected chi connectivity index (χ0v) is 11.8. The molecular weight excluding hydrogens is 276 g/mol. The van der Waals surface area contributed by atoms with E-state index in [-0.39, 0.29) is 18.2 Å². The van der Waals surface area contributed by atoms with Gasteiger partial charge in [-0.25, -0.2) is 0 Å². The van der Waals surface area contributed by atoms with E-state index in [0.717, 1.165) is 0 Å². The maximum Gasteiger partial charge on any atom is 0.310 e. The molecule has 0 heterocycles. The standard InChI is InChI=1S/C16H14O3.ClH/c1-11(16(18)19)13-8-5-9-14(10-13)15(17)12-6-3-2-4-7-12;/h2-11H,1H3,(H,18,19);1H. The quantitative estimate of drug-likeness (QED) is 0.877. The summed E-state index contributed by atoms with van der Waals surface area (Å²) < 4.78 is 0. The number of aliphatic carboxylic acids is 1. The summed E-state index contributed by atoms with van der Waals surface area (Å²) in [7, 11) is 0. The lowest BCUT2D eigenvalue weighted by molar-refractivity contribution is -0.138. The number of carbonyl (C=O) groups is 2. The largest absolute Gasteiger partial charge is 0.481 e. The average molecular weight is 291 g/mol. The minimum atomic E-state index is -0.899. The fraction of sp³-hybridized carbons (Fsp3) is 0.125. The van der Waals surface area contributed by atoms with Gasteiger partial charge >= 0.3 is 5.97 Å². The van der Waals surface area contributed by atoms with Gasteiger partial charge in [-0.2, -0.15) is 0 Å². The lowest BCUT2D eigenvalue weighted by atomic mass is 9.96. The Balaban J connectivity index is 0.00000200. The Morgan fingerprint density at radius 1 is 0.950 bits per heavy atom. The molecule has 0 radical (unpaired) electrons. The fourth-order valence-corrected chi connectivity index (χ4v) is 1.85. The van der Waals surface area contributed by atoms with Crippen LogP contribution in [0.3, 0.4) is 0 Å². The van der Waals surface area contributed by atoms with Crippen LogP contribution in [-0.2, 0) is 4.79 Å². The van der Waals surface area contributed by atoms with Crippen molar-refractivity contribution >= 4 is 24.2 Å². The molecule has 3 nitrogen and oxygen atoms in total. The first-order chi connectivity index (χ1) is 9.09. The predicted octanol–water partition coefficient (Wildman–Crippen LogP) is 3.53. The number of hydrogen-bond acceptors (Lipinski definition) is 2. The molecular formula is C16H15ClO3. The molecule has 0 aliphatic carbocycles. The van der Waals surface area contributed by atoms with Crippen molar-refractivity contribution in [2.45, 2.75) is 12.8 Å². The van der Waals surface area contributed by atoms with E-state index < -0.39 is 11.9 Å². The highest BCUT2D eigenvalue weighted by atomic mass is 35.5. The van der Waals surface area contributed by atoms with Gasteiger partial charge < -0.3 is 5.11 Å². The summed E-state index contributed by atoms with van der Waals surface area (Å²) in [6.07, 6.45) is 0. The van der Waals surface area contributed by atoms with Gasteiger partial charge in [0.05, 0.1) is 5.92 Å². The van der Waals surface area contributed by atoms with Gasteiger partial charge in [-0.15, -0.1) is 12.4 Å². The SMILES string of the molecule is CC(C(=O)O)c1cccc(C(=O)c2ccccc2)c1.Cl. The van der Waals surface area contributed by atoms with Crippen LogP contribution in [0.15, 0.2) is 54.6 Å². The molecule has 20 heavy (non-hydrogen) atoms. The van der Waals surface area contributed by atoms with E-state index in [2.05, 4.69) is 0 Å². The Kier molecular flexibility index (Phi) is 5.47. The molecule has 104 valence electrons. The van der Waals surface area contributed by atoms with Gasteiger partial charge in [0.15, 0.2) is 5.78 Å². The number of ketones is 1. The topological polar surface area (TPSA) is 54.4 Å². The van der Waals surface area contributed by atoms with Gasteiger partial charge in [0.25, 0.3) is 0 Å². The maximum atomic E-state index is 12.2. The molecule has 0 saturated heterocycles. The average Bonchev–Trinajstić information content (AvgIpc) is 2.46. The maximum absolute atomic E-state index is 12.2. The molecule has 0 aromatic heterocycles. The number of carbonyl (C=O) groups excluding carboxylic acids is 1. The minimum absolute atomic E-state index is 0. The predicted molar refractivity (Wildman–Crippen MR) is 79.6 cm³/mol. The van der Waals surface area contributed by atoms with Crippen LogP contribution in [0.4, 0.5) is 0 Å². The Morgan fingerprint density at radius 3 is 2.15 bits per heavy atom. The number of hydrogen-bond donors (Lipinski definition) is 1. The van der Waals surface area contributed by atoms with E-state index in [4.69, 9.17) is 5.11 Å². The van der Waals surface area contributed by atoms with E-state index >= 15 is 0 Å². The summed E-state index contributed by atoms with van der Waals surface area (Å²) in [5, 5.41) is 9.00. The fourth-order valence-electron chi connectivity index (χ4n) is 1.85. The molecule has 0 saturated carbocycles. The normalized spacial score (nSPS) is 11.2. The number of rotatable bonds is 4. The number of carboxylic acids is 1. The van der Waals surface area contributed by atoms with Gasteiger partial charge in [-0.05, 0) is 18.6 Å². The van der Waals surface area contributed by atoms with Gasteiger partial charge in [0.2, 0.25) is 0 Å². The van der Waals surface area contributed by atoms with Gasteiger partial charge in [0, 0.05) is 11.1 Å². The van der Waals surface area contributed by atoms with E-state index in [9.17, 15) is 9.59 Å². The summed E-state index contributed by atoms with van der Waals surface area (Å²) in [4.78, 5) is 23.2. The molecule has 0 aliphatic rings. The summed E-state index contributed by atoms with van der Waals surface area (Å²) in [6, 6.07) is 15.7. The molecule has 2 rings (SSSR count). The zero-order chi connectivity index (χ0) is 13.8. The smallest absolute Gasteiger partial charge is 0.310 e. The molecule has 2 aromatic rings. The summed E-state index contributed by atoms with van der Waals surface area (Å²) in [5.74, 6) is -1.62. The lowest BCUT2D eigenvalue weighted by Gasteiger charge is -2.08. The first kappa shape index (κ1) is 15.9. The number of carboxylic acid groups (broad SMARTS) is 1. The second-order valence-corrected chi connectivity index (χ2v) is 4.38. The van der Waals surface area contributed by atoms with Crippen molar-refractivity contribution in [2.24, 2.45) is 0 Å². The highest BCUT2D eigenvalue weighted by Gasteiger charge is 2.16. The molecule has 0 aliphatic heterocycles. The third-order valence-electron chi connectivity index (χ3n) is 3.06. The van der Waals surface area contributed by atoms with Crippen molar-refractivity contribution in [3.63, 3.8) is 0 Å². The second kappa shape index (κ2) is 6.87. The highest BCUT2D eigenvalue weighted by molar-refractivity contribution is 6.09. The Morgan fingerprint density at radius 2 is 1.55 bits per heavy atom. The molecule has 4 heteroatoms. The summed E-state index contributed by atoms with van der Waals surface area (Å²) >= 11 is 0. The third kappa shape index (κ3) is 3.45. The van der Waals surface area contributed by atoms with E-state index in [1.165, 1.54) is 0 Å². The molecule has 1 unspecified atom stereocenters. The molecule has 0 spiro atoms. The molecule has 0 bridgehead atoms. The van der Waals surface area contributed by atoms with Crippen molar-refractivity contribution < 1.29 is 14.7 Å². The van der Waals surface area contributed by atoms with Crippen LogP contribution >= 0.6 is 12.4 Å². The molecule has 2 aromatic carbocycles. The van der Waals surface area contributed by atoms with Crippen LogP contribution < -0.4 is 0 Å². The minimum Gasteiger partial charge on any atom is -0.481 e. The van der Waals surface area contributed by atoms with Crippen molar-refractivity contribution in [3.05, 3.63) is 71.3 Å². The number of halogens is 1. The van der Waals surface area contributed by atoms with Gasteiger partial charge in [-0.3, -0.25) is 9.59 Å². The molecule has 1 atom stereocenters. The first-order valence-electron chi connectivity index (χ1n) is 6.02. The zero-order valence-electron chi connectivity index (χ0n) is 10.9. The molecule has 1 N–H and O–H groups in total. The van der Waals surface area contributed by atoms with Crippen molar-refractivity contribution in [1.29, 1.82) is 0 Å². The van der Waals surface area contributed by atoms with Crippen LogP contribution in [0.2, 0.25) is 0 Å². The van der Waals surface area contributed by atoms with E-state index in [1.807, 2.05) is 6.07 Å². The van der Waals surface area contributed by atoms with E-state index in [0.29, 0.717) is 16.7 Å². The second-order valence-electron chi connectivity index (χ2n) is 4.38. The Hall–Kier alpha value is -2.13. The number of benzene rings is 2. The van der Waals surface area contributed by atoms with Crippen LogP contribution in [0.5, 0.6) is 0 Å². The van der Waals surface area contributed by atoms with Crippen LogP contribution in [0, 0.1) is 0 Å². The highest BCUT2D eigenvalue weighted by Crippen LogP contribution is 2.18. The monoisotopic (exact) mass is 290 g/mol. The van der Waals surface area contributed by atoms with Crippen LogP contribution in [0.25, 0.3) is 0 Å². The Bertz CT molecular complexity index is 608. The lowest BCUT2D eigenvalue weighted by Crippen LogP contribution is -2.09. The third-order valence-corrected chi connectivity index (χ3v) is 3.06.